The highest BCUT2D eigenvalue weighted by atomic mass is 35.5. The molecule has 8 nitrogen and oxygen atoms in total. The van der Waals surface area contributed by atoms with Crippen LogP contribution in [0.4, 0.5) is 5.69 Å². The lowest BCUT2D eigenvalue weighted by Crippen LogP contribution is -2.50. The second-order valence-corrected chi connectivity index (χ2v) is 12.4. The molecule has 0 saturated heterocycles. The highest BCUT2D eigenvalue weighted by molar-refractivity contribution is 7.92. The third-order valence-electron chi connectivity index (χ3n) is 6.97. The fourth-order valence-corrected chi connectivity index (χ4v) is 5.96. The van der Waals surface area contributed by atoms with Gasteiger partial charge in [-0.15, -0.1) is 0 Å². The number of sulfonamides is 1. The monoisotopic (exact) mass is 577 g/mol. The van der Waals surface area contributed by atoms with E-state index in [1.807, 2.05) is 19.1 Å². The van der Waals surface area contributed by atoms with Crippen LogP contribution in [0.15, 0.2) is 48.5 Å². The summed E-state index contributed by atoms with van der Waals surface area (Å²) in [6, 6.07) is 13.6. The normalized spacial score (nSPS) is 14.9. The van der Waals surface area contributed by atoms with Crippen molar-refractivity contribution < 1.29 is 22.7 Å². The molecule has 1 aliphatic rings. The third-order valence-corrected chi connectivity index (χ3v) is 8.40. The van der Waals surface area contributed by atoms with E-state index in [1.165, 1.54) is 10.7 Å². The van der Waals surface area contributed by atoms with Gasteiger partial charge in [0.25, 0.3) is 0 Å². The quantitative estimate of drug-likeness (QED) is 0.355. The summed E-state index contributed by atoms with van der Waals surface area (Å²) in [5.41, 5.74) is 1.29. The van der Waals surface area contributed by atoms with E-state index < -0.39 is 16.1 Å². The van der Waals surface area contributed by atoms with Crippen molar-refractivity contribution in [2.75, 3.05) is 23.7 Å². The summed E-state index contributed by atoms with van der Waals surface area (Å²) in [5, 5.41) is 3.72. The average Bonchev–Trinajstić information content (AvgIpc) is 2.91. The number of rotatable bonds is 13. The zero-order valence-corrected chi connectivity index (χ0v) is 24.6. The Kier molecular flexibility index (Phi) is 11.5. The molecule has 3 rings (SSSR count). The second-order valence-electron chi connectivity index (χ2n) is 10.0. The summed E-state index contributed by atoms with van der Waals surface area (Å²) in [6.45, 7) is 4.33. The summed E-state index contributed by atoms with van der Waals surface area (Å²) in [4.78, 5) is 28.3. The van der Waals surface area contributed by atoms with Crippen LogP contribution in [0.2, 0.25) is 5.02 Å². The lowest BCUT2D eigenvalue weighted by molar-refractivity contribution is -0.141. The maximum Gasteiger partial charge on any atom is 0.242 e. The van der Waals surface area contributed by atoms with Gasteiger partial charge in [-0.2, -0.15) is 0 Å². The summed E-state index contributed by atoms with van der Waals surface area (Å²) in [7, 11) is -3.62. The number of anilines is 1. The van der Waals surface area contributed by atoms with Crippen LogP contribution in [0.3, 0.4) is 0 Å². The maximum atomic E-state index is 13.5. The van der Waals surface area contributed by atoms with Crippen LogP contribution < -0.4 is 14.4 Å². The lowest BCUT2D eigenvalue weighted by Gasteiger charge is -2.31. The highest BCUT2D eigenvalue weighted by Gasteiger charge is 2.28. The molecule has 1 fully saturated rings. The van der Waals surface area contributed by atoms with Gasteiger partial charge < -0.3 is 15.0 Å². The van der Waals surface area contributed by atoms with E-state index in [4.69, 9.17) is 16.3 Å². The van der Waals surface area contributed by atoms with Crippen molar-refractivity contribution in [2.24, 2.45) is 0 Å². The Hall–Kier alpha value is -2.78. The first kappa shape index (κ1) is 30.8. The van der Waals surface area contributed by atoms with Gasteiger partial charge in [-0.3, -0.25) is 13.9 Å². The number of amides is 2. The smallest absolute Gasteiger partial charge is 0.242 e. The Morgan fingerprint density at radius 2 is 1.74 bits per heavy atom. The Balaban J connectivity index is 1.73. The number of nitrogens with one attached hydrogen (secondary N) is 1. The van der Waals surface area contributed by atoms with Gasteiger partial charge in [-0.1, -0.05) is 55.1 Å². The summed E-state index contributed by atoms with van der Waals surface area (Å²) >= 11 is 6.04. The number of halogens is 1. The predicted molar refractivity (Wildman–Crippen MR) is 156 cm³/mol. The number of benzene rings is 2. The van der Waals surface area contributed by atoms with Crippen molar-refractivity contribution in [1.82, 2.24) is 10.2 Å². The number of hydrogen-bond acceptors (Lipinski definition) is 5. The van der Waals surface area contributed by atoms with Crippen molar-refractivity contribution in [3.8, 4) is 5.75 Å². The Labute approximate surface area is 237 Å². The molecular formula is C29H40ClN3O5S. The molecule has 1 aliphatic carbocycles. The second kappa shape index (κ2) is 14.6. The molecule has 39 heavy (non-hydrogen) atoms. The fourth-order valence-electron chi connectivity index (χ4n) is 4.86. The molecule has 1 atom stereocenters. The number of ether oxygens (including phenoxy) is 1. The average molecular weight is 578 g/mol. The standard InChI is InChI=1S/C29H40ClN3O5S/c1-4-38-27-14-9-8-13-26(27)33(39(3,36)37)20-10-15-28(34)32(21-23-16-18-24(30)19-17-23)22(2)29(35)31-25-11-6-5-7-12-25/h8-9,13-14,16-19,22,25H,4-7,10-12,15,20-21H2,1-3H3,(H,31,35)/t22-/m1/s1. The maximum absolute atomic E-state index is 13.5. The van der Waals surface area contributed by atoms with Crippen molar-refractivity contribution in [1.29, 1.82) is 0 Å². The van der Waals surface area contributed by atoms with Crippen molar-refractivity contribution in [2.45, 2.75) is 77.4 Å². The minimum absolute atomic E-state index is 0.0808. The van der Waals surface area contributed by atoms with Crippen molar-refractivity contribution >= 4 is 39.1 Å². The van der Waals surface area contributed by atoms with Crippen LogP contribution in [0.25, 0.3) is 0 Å². The van der Waals surface area contributed by atoms with Crippen LogP contribution in [0, 0.1) is 0 Å². The number of nitrogens with zero attached hydrogens (tertiary/aromatic N) is 2. The van der Waals surface area contributed by atoms with E-state index in [2.05, 4.69) is 5.32 Å². The molecule has 214 valence electrons. The van der Waals surface area contributed by atoms with Gasteiger partial charge in [0.15, 0.2) is 0 Å². The van der Waals surface area contributed by atoms with E-state index in [9.17, 15) is 18.0 Å². The van der Waals surface area contributed by atoms with E-state index in [0.29, 0.717) is 23.1 Å². The van der Waals surface area contributed by atoms with E-state index >= 15 is 0 Å². The summed E-state index contributed by atoms with van der Waals surface area (Å²) in [6.07, 6.45) is 6.77. The van der Waals surface area contributed by atoms with Gasteiger partial charge in [0.1, 0.15) is 11.8 Å². The lowest BCUT2D eigenvalue weighted by atomic mass is 9.95. The SMILES string of the molecule is CCOc1ccccc1N(CCCC(=O)N(Cc1ccc(Cl)cc1)[C@H](C)C(=O)NC1CCCCC1)S(C)(=O)=O. The number of para-hydroxylation sites is 2. The topological polar surface area (TPSA) is 96.0 Å². The molecule has 0 aliphatic heterocycles. The zero-order chi connectivity index (χ0) is 28.4. The largest absolute Gasteiger partial charge is 0.492 e. The molecule has 0 heterocycles. The highest BCUT2D eigenvalue weighted by Crippen LogP contribution is 2.30. The van der Waals surface area contributed by atoms with Gasteiger partial charge in [0, 0.05) is 30.6 Å². The molecule has 0 bridgehead atoms. The number of carbonyl (C=O) groups is 2. The molecule has 2 amide bonds. The Morgan fingerprint density at radius 1 is 1.08 bits per heavy atom. The number of carbonyl (C=O) groups excluding carboxylic acids is 2. The van der Waals surface area contributed by atoms with Gasteiger partial charge in [0.2, 0.25) is 21.8 Å². The molecule has 10 heteroatoms. The molecule has 0 spiro atoms. The molecule has 0 unspecified atom stereocenters. The summed E-state index contributed by atoms with van der Waals surface area (Å²) in [5.74, 6) is 0.0736. The molecule has 2 aromatic carbocycles. The first-order valence-electron chi connectivity index (χ1n) is 13.6. The van der Waals surface area contributed by atoms with Crippen LogP contribution in [-0.2, 0) is 26.2 Å². The predicted octanol–water partition coefficient (Wildman–Crippen LogP) is 5.15. The van der Waals surface area contributed by atoms with Crippen LogP contribution in [0.1, 0.15) is 64.4 Å². The fraction of sp³-hybridized carbons (Fsp3) is 0.517. The molecule has 1 N–H and O–H groups in total. The van der Waals surface area contributed by atoms with Crippen molar-refractivity contribution in [3.05, 3.63) is 59.1 Å². The first-order valence-corrected chi connectivity index (χ1v) is 15.9. The van der Waals surface area contributed by atoms with Gasteiger partial charge in [0.05, 0.1) is 18.6 Å². The first-order chi connectivity index (χ1) is 18.6. The molecule has 1 saturated carbocycles. The number of hydrogen-bond donors (Lipinski definition) is 1. The minimum atomic E-state index is -3.62. The molecule has 2 aromatic rings. The van der Waals surface area contributed by atoms with Gasteiger partial charge in [-0.05, 0) is 62.9 Å². The third kappa shape index (κ3) is 9.14. The van der Waals surface area contributed by atoms with Crippen LogP contribution in [0.5, 0.6) is 5.75 Å². The molecule has 0 aromatic heterocycles. The van der Waals surface area contributed by atoms with E-state index in [-0.39, 0.29) is 43.8 Å². The zero-order valence-electron chi connectivity index (χ0n) is 23.1. The van der Waals surface area contributed by atoms with Crippen LogP contribution >= 0.6 is 11.6 Å². The van der Waals surface area contributed by atoms with Gasteiger partial charge in [-0.25, -0.2) is 8.42 Å². The van der Waals surface area contributed by atoms with Gasteiger partial charge >= 0.3 is 0 Å². The van der Waals surface area contributed by atoms with E-state index in [0.717, 1.165) is 37.5 Å². The minimum Gasteiger partial charge on any atom is -0.492 e. The van der Waals surface area contributed by atoms with Crippen LogP contribution in [-0.4, -0.2) is 56.6 Å². The Bertz CT molecular complexity index is 1200. The van der Waals surface area contributed by atoms with Crippen molar-refractivity contribution in [3.63, 3.8) is 0 Å². The summed E-state index contributed by atoms with van der Waals surface area (Å²) < 4.78 is 32.2. The van der Waals surface area contributed by atoms with E-state index in [1.54, 1.807) is 48.2 Å². The Morgan fingerprint density at radius 3 is 2.38 bits per heavy atom. The molecular weight excluding hydrogens is 538 g/mol. The molecule has 0 radical (unpaired) electrons.